The molecule has 340 valence electrons. The first kappa shape index (κ1) is 42.8. The minimum atomic E-state index is 0.689. The Morgan fingerprint density at radius 1 is 0.417 bits per heavy atom. The Hall–Kier alpha value is -9.32. The SMILES string of the molecule is Cc1ccc(-c2ccccc2)cc1N1c2ccc(-c3ccccc3)cc2Bc2c(-c3ccc(N(c4ccccc4)c4ccccc4)cc3Nc3ccc(-c4ccccc4)cc3)cc3c(oc4ccccc43)c21. The second kappa shape index (κ2) is 18.2. The summed E-state index contributed by atoms with van der Waals surface area (Å²) in [6.07, 6.45) is 0. The minimum absolute atomic E-state index is 0.689. The van der Waals surface area contributed by atoms with E-state index in [-0.39, 0.29) is 0 Å². The van der Waals surface area contributed by atoms with Gasteiger partial charge in [0.25, 0.3) is 0 Å². The van der Waals surface area contributed by atoms with Gasteiger partial charge in [0.2, 0.25) is 0 Å². The van der Waals surface area contributed by atoms with Crippen LogP contribution in [0.4, 0.5) is 45.5 Å². The lowest BCUT2D eigenvalue weighted by atomic mass is 9.57. The molecule has 1 aliphatic heterocycles. The summed E-state index contributed by atoms with van der Waals surface area (Å²) in [6, 6.07) is 93.7. The number of nitrogens with zero attached hydrogens (tertiary/aromatic N) is 2. The highest BCUT2D eigenvalue weighted by molar-refractivity contribution is 6.74. The third kappa shape index (κ3) is 7.78. The number of hydrogen-bond donors (Lipinski definition) is 1. The first-order valence-corrected chi connectivity index (χ1v) is 24.7. The Morgan fingerprint density at radius 3 is 1.61 bits per heavy atom. The summed E-state index contributed by atoms with van der Waals surface area (Å²) in [5.74, 6) is 0. The van der Waals surface area contributed by atoms with Gasteiger partial charge >= 0.3 is 0 Å². The Morgan fingerprint density at radius 2 is 0.958 bits per heavy atom. The predicted molar refractivity (Wildman–Crippen MR) is 306 cm³/mol. The molecule has 72 heavy (non-hydrogen) atoms. The van der Waals surface area contributed by atoms with Gasteiger partial charge in [-0.25, -0.2) is 0 Å². The third-order valence-corrected chi connectivity index (χ3v) is 14.2. The Kier molecular flexibility index (Phi) is 10.8. The molecule has 0 atom stereocenters. The normalized spacial score (nSPS) is 11.8. The van der Waals surface area contributed by atoms with E-state index < -0.39 is 0 Å². The fourth-order valence-corrected chi connectivity index (χ4v) is 10.7. The van der Waals surface area contributed by atoms with Gasteiger partial charge in [0.05, 0.1) is 5.69 Å². The van der Waals surface area contributed by atoms with E-state index in [0.717, 1.165) is 84.1 Å². The third-order valence-electron chi connectivity index (χ3n) is 14.2. The van der Waals surface area contributed by atoms with Gasteiger partial charge in [-0.05, 0) is 130 Å². The number of hydrogen-bond acceptors (Lipinski definition) is 4. The van der Waals surface area contributed by atoms with E-state index in [0.29, 0.717) is 7.28 Å². The number of anilines is 8. The summed E-state index contributed by atoms with van der Waals surface area (Å²) in [6.45, 7) is 2.23. The number of rotatable bonds is 10. The van der Waals surface area contributed by atoms with Crippen LogP contribution in [0.5, 0.6) is 0 Å². The van der Waals surface area contributed by atoms with Crippen LogP contribution in [0.2, 0.25) is 0 Å². The van der Waals surface area contributed by atoms with Crippen LogP contribution in [0, 0.1) is 6.92 Å². The van der Waals surface area contributed by atoms with E-state index in [9.17, 15) is 0 Å². The number of para-hydroxylation sites is 3. The lowest BCUT2D eigenvalue weighted by molar-refractivity contribution is 0.669. The molecule has 1 aliphatic rings. The van der Waals surface area contributed by atoms with E-state index in [4.69, 9.17) is 4.42 Å². The van der Waals surface area contributed by atoms with Crippen molar-refractivity contribution in [3.05, 3.63) is 266 Å². The molecule has 12 aromatic rings. The summed E-state index contributed by atoms with van der Waals surface area (Å²) in [5, 5.41) is 6.15. The molecular formula is C67H48BN3O. The van der Waals surface area contributed by atoms with Crippen LogP contribution in [0.25, 0.3) is 66.4 Å². The summed E-state index contributed by atoms with van der Waals surface area (Å²) >= 11 is 0. The maximum atomic E-state index is 7.11. The summed E-state index contributed by atoms with van der Waals surface area (Å²) in [7, 11) is 0.689. The van der Waals surface area contributed by atoms with Crippen molar-refractivity contribution in [3.63, 3.8) is 0 Å². The Balaban J connectivity index is 1.08. The second-order valence-electron chi connectivity index (χ2n) is 18.6. The van der Waals surface area contributed by atoms with Crippen LogP contribution in [0.15, 0.2) is 265 Å². The van der Waals surface area contributed by atoms with Gasteiger partial charge in [0.1, 0.15) is 5.58 Å². The van der Waals surface area contributed by atoms with Gasteiger partial charge in [-0.1, -0.05) is 194 Å². The highest BCUT2D eigenvalue weighted by Crippen LogP contribution is 2.48. The van der Waals surface area contributed by atoms with Crippen molar-refractivity contribution < 1.29 is 4.42 Å². The average molecular weight is 922 g/mol. The zero-order chi connectivity index (χ0) is 48.0. The van der Waals surface area contributed by atoms with Gasteiger partial charge < -0.3 is 19.5 Å². The zero-order valence-electron chi connectivity index (χ0n) is 39.8. The van der Waals surface area contributed by atoms with Crippen LogP contribution in [0.3, 0.4) is 0 Å². The molecule has 0 aliphatic carbocycles. The highest BCUT2D eigenvalue weighted by atomic mass is 16.3. The molecule has 1 aromatic heterocycles. The van der Waals surface area contributed by atoms with Crippen molar-refractivity contribution in [3.8, 4) is 44.5 Å². The van der Waals surface area contributed by atoms with Gasteiger partial charge in [-0.3, -0.25) is 0 Å². The van der Waals surface area contributed by atoms with Crippen LogP contribution in [-0.4, -0.2) is 7.28 Å². The lowest BCUT2D eigenvalue weighted by Gasteiger charge is -2.36. The quantitative estimate of drug-likeness (QED) is 0.139. The molecule has 4 nitrogen and oxygen atoms in total. The van der Waals surface area contributed by atoms with Gasteiger partial charge in [-0.2, -0.15) is 0 Å². The van der Waals surface area contributed by atoms with E-state index >= 15 is 0 Å². The van der Waals surface area contributed by atoms with Crippen molar-refractivity contribution in [2.75, 3.05) is 15.1 Å². The van der Waals surface area contributed by atoms with E-state index in [1.807, 2.05) is 0 Å². The first-order chi connectivity index (χ1) is 35.6. The van der Waals surface area contributed by atoms with Crippen molar-refractivity contribution in [2.45, 2.75) is 6.92 Å². The van der Waals surface area contributed by atoms with Crippen LogP contribution >= 0.6 is 0 Å². The molecule has 2 heterocycles. The van der Waals surface area contributed by atoms with Crippen molar-refractivity contribution in [1.82, 2.24) is 0 Å². The maximum Gasteiger partial charge on any atom is 0.198 e. The Labute approximate surface area is 421 Å². The van der Waals surface area contributed by atoms with Crippen LogP contribution < -0.4 is 26.0 Å². The number of furan rings is 1. The molecular weight excluding hydrogens is 874 g/mol. The standard InChI is InChI=1S/C67H48BN3O/c1-45-31-32-51(48-23-11-4-12-24-48)42-63(45)71-62-40-35-50(47-21-9-3-10-22-47)41-60(62)68-65-58(44-59-57-29-17-18-30-64(57)72-67(59)66(65)71)56-39-38-55(70(53-25-13-5-14-26-53)54-27-15-6-16-28-54)43-61(56)69-52-36-33-49(34-37-52)46-19-7-2-8-20-46/h2-44,68-69H,1H3. The fraction of sp³-hybridized carbons (Fsp3) is 0.0149. The lowest BCUT2D eigenvalue weighted by Crippen LogP contribution is -2.41. The fourth-order valence-electron chi connectivity index (χ4n) is 10.7. The van der Waals surface area contributed by atoms with E-state index in [1.54, 1.807) is 0 Å². The summed E-state index contributed by atoms with van der Waals surface area (Å²) in [5.41, 5.74) is 23.1. The largest absolute Gasteiger partial charge is 0.454 e. The molecule has 0 spiro atoms. The van der Waals surface area contributed by atoms with Gasteiger partial charge in [0, 0.05) is 56.1 Å². The number of benzene rings is 11. The van der Waals surface area contributed by atoms with Gasteiger partial charge in [0.15, 0.2) is 12.9 Å². The maximum absolute atomic E-state index is 7.11. The van der Waals surface area contributed by atoms with E-state index in [2.05, 4.69) is 283 Å². The second-order valence-corrected chi connectivity index (χ2v) is 18.6. The molecule has 11 aromatic carbocycles. The monoisotopic (exact) mass is 921 g/mol. The van der Waals surface area contributed by atoms with Crippen LogP contribution in [0.1, 0.15) is 5.56 Å². The average Bonchev–Trinajstić information content (AvgIpc) is 3.82. The van der Waals surface area contributed by atoms with Crippen molar-refractivity contribution in [1.29, 1.82) is 0 Å². The van der Waals surface area contributed by atoms with Crippen LogP contribution in [-0.2, 0) is 0 Å². The number of nitrogens with one attached hydrogen (secondary N) is 1. The molecule has 5 heteroatoms. The predicted octanol–water partition coefficient (Wildman–Crippen LogP) is 16.9. The molecule has 0 radical (unpaired) electrons. The molecule has 0 unspecified atom stereocenters. The molecule has 0 bridgehead atoms. The topological polar surface area (TPSA) is 31.6 Å². The zero-order valence-corrected chi connectivity index (χ0v) is 39.8. The van der Waals surface area contributed by atoms with Crippen molar-refractivity contribution in [2.24, 2.45) is 0 Å². The highest BCUT2D eigenvalue weighted by Gasteiger charge is 2.33. The molecule has 0 saturated heterocycles. The first-order valence-electron chi connectivity index (χ1n) is 24.7. The van der Waals surface area contributed by atoms with Crippen molar-refractivity contribution >= 4 is 85.6 Å². The van der Waals surface area contributed by atoms with E-state index in [1.165, 1.54) is 44.3 Å². The molecule has 0 saturated carbocycles. The smallest absolute Gasteiger partial charge is 0.198 e. The summed E-state index contributed by atoms with van der Waals surface area (Å²) in [4.78, 5) is 4.83. The molecule has 1 N–H and O–H groups in total. The number of fused-ring (bicyclic) bond motifs is 6. The minimum Gasteiger partial charge on any atom is -0.454 e. The molecule has 0 amide bonds. The Bertz CT molecular complexity index is 3880. The number of aryl methyl sites for hydroxylation is 1. The molecule has 13 rings (SSSR count). The molecule has 0 fully saturated rings. The summed E-state index contributed by atoms with van der Waals surface area (Å²) < 4.78 is 7.11. The van der Waals surface area contributed by atoms with Gasteiger partial charge in [-0.15, -0.1) is 0 Å².